The second-order valence-corrected chi connectivity index (χ2v) is 2.90. The molecule has 0 aliphatic rings. The molecule has 12 heavy (non-hydrogen) atoms. The van der Waals surface area contributed by atoms with Gasteiger partial charge in [0.25, 0.3) is 11.4 Å². The van der Waals surface area contributed by atoms with Crippen LogP contribution >= 0.6 is 15.9 Å². The molecular weight excluding hydrogens is 255 g/mol. The predicted octanol–water partition coefficient (Wildman–Crippen LogP) is 1.48. The number of halogens is 1. The number of benzene rings is 1. The molecule has 0 saturated heterocycles. The van der Waals surface area contributed by atoms with Crippen LogP contribution < -0.4 is 0 Å². The molecule has 3 nitrogen and oxygen atoms in total. The van der Waals surface area contributed by atoms with E-state index in [4.69, 9.17) is 13.3 Å². The van der Waals surface area contributed by atoms with Gasteiger partial charge in [-0.05, 0) is 12.1 Å². The van der Waals surface area contributed by atoms with Crippen LogP contribution in [0.2, 0.25) is 0 Å². The maximum atomic E-state index is 8.67. The minimum atomic E-state index is -2.61. The molecule has 0 atom stereocenters. The van der Waals surface area contributed by atoms with Crippen molar-refractivity contribution in [1.82, 2.24) is 0 Å². The molecule has 0 bridgehead atoms. The van der Waals surface area contributed by atoms with Gasteiger partial charge in [0.15, 0.2) is 0 Å². The van der Waals surface area contributed by atoms with Gasteiger partial charge in [-0.3, -0.25) is 9.11 Å². The zero-order valence-corrected chi connectivity index (χ0v) is 7.88. The van der Waals surface area contributed by atoms with E-state index in [0.29, 0.717) is 0 Å². The first-order valence-corrected chi connectivity index (χ1v) is 4.49. The zero-order valence-electron chi connectivity index (χ0n) is 5.48. The van der Waals surface area contributed by atoms with E-state index in [9.17, 15) is 0 Å². The van der Waals surface area contributed by atoms with Crippen molar-refractivity contribution in [3.8, 4) is 0 Å². The molecule has 0 radical (unpaired) electrons. The number of hydrogen-bond acceptors (Lipinski definition) is 1. The number of rotatable bonds is 0. The van der Waals surface area contributed by atoms with Crippen LogP contribution in [0.15, 0.2) is 34.8 Å². The standard InChI is InChI=1S/C6H5Br.Na.H2O3S.H/c7-6-4-2-1-3-5-6;;1-4(2)3;/h1-5H;;(H2,1,2,3);. The van der Waals surface area contributed by atoms with Crippen molar-refractivity contribution in [2.75, 3.05) is 0 Å². The van der Waals surface area contributed by atoms with Crippen molar-refractivity contribution >= 4 is 56.8 Å². The van der Waals surface area contributed by atoms with E-state index >= 15 is 0 Å². The Balaban J connectivity index is 0. The molecular formula is C6H8BrNaO3S. The Kier molecular flexibility index (Phi) is 12.5. The summed E-state index contributed by atoms with van der Waals surface area (Å²) in [4.78, 5) is 0. The Morgan fingerprint density at radius 1 is 1.17 bits per heavy atom. The van der Waals surface area contributed by atoms with Gasteiger partial charge in [0.2, 0.25) is 0 Å². The molecule has 1 rings (SSSR count). The van der Waals surface area contributed by atoms with E-state index in [-0.39, 0.29) is 29.6 Å². The van der Waals surface area contributed by atoms with Crippen LogP contribution in [-0.4, -0.2) is 42.9 Å². The van der Waals surface area contributed by atoms with E-state index in [1.165, 1.54) is 0 Å². The fraction of sp³-hybridized carbons (Fsp3) is 0. The predicted molar refractivity (Wildman–Crippen MR) is 54.7 cm³/mol. The second kappa shape index (κ2) is 9.85. The minimum absolute atomic E-state index is 0. The van der Waals surface area contributed by atoms with E-state index < -0.39 is 11.4 Å². The summed E-state index contributed by atoms with van der Waals surface area (Å²) in [6, 6.07) is 9.97. The van der Waals surface area contributed by atoms with Gasteiger partial charge < -0.3 is 0 Å². The van der Waals surface area contributed by atoms with Crippen LogP contribution in [0.4, 0.5) is 0 Å². The summed E-state index contributed by atoms with van der Waals surface area (Å²) in [7, 11) is 0. The molecule has 0 fully saturated rings. The molecule has 0 saturated carbocycles. The second-order valence-electron chi connectivity index (χ2n) is 1.53. The van der Waals surface area contributed by atoms with Gasteiger partial charge in [0.05, 0.1) is 0 Å². The third kappa shape index (κ3) is 13.4. The first-order chi connectivity index (χ1) is 5.13. The van der Waals surface area contributed by atoms with E-state index in [2.05, 4.69) is 15.9 Å². The number of hydrogen-bond donors (Lipinski definition) is 2. The van der Waals surface area contributed by atoms with Crippen LogP contribution in [-0.2, 0) is 11.4 Å². The summed E-state index contributed by atoms with van der Waals surface area (Å²) in [5.74, 6) is 0. The summed E-state index contributed by atoms with van der Waals surface area (Å²) in [5.41, 5.74) is 0. The Morgan fingerprint density at radius 3 is 1.67 bits per heavy atom. The molecule has 1 aromatic rings. The maximum absolute atomic E-state index is 8.67. The molecule has 0 aromatic heterocycles. The van der Waals surface area contributed by atoms with Gasteiger partial charge in [-0.1, -0.05) is 34.1 Å². The van der Waals surface area contributed by atoms with Crippen molar-refractivity contribution in [3.63, 3.8) is 0 Å². The van der Waals surface area contributed by atoms with Gasteiger partial charge in [0, 0.05) is 4.47 Å². The molecule has 0 spiro atoms. The monoisotopic (exact) mass is 262 g/mol. The first-order valence-electron chi connectivity index (χ1n) is 2.63. The van der Waals surface area contributed by atoms with Crippen molar-refractivity contribution in [1.29, 1.82) is 0 Å². The Labute approximate surface area is 104 Å². The van der Waals surface area contributed by atoms with Gasteiger partial charge in [-0.2, -0.15) is 4.21 Å². The molecule has 6 heteroatoms. The summed E-state index contributed by atoms with van der Waals surface area (Å²) >= 11 is 0.700. The van der Waals surface area contributed by atoms with Crippen LogP contribution in [0.25, 0.3) is 0 Å². The Bertz CT molecular complexity index is 215. The van der Waals surface area contributed by atoms with Gasteiger partial charge in [-0.25, -0.2) is 0 Å². The van der Waals surface area contributed by atoms with Crippen molar-refractivity contribution in [2.45, 2.75) is 0 Å². The van der Waals surface area contributed by atoms with Crippen LogP contribution in [0.3, 0.4) is 0 Å². The van der Waals surface area contributed by atoms with Gasteiger partial charge in [-0.15, -0.1) is 0 Å². The summed E-state index contributed by atoms with van der Waals surface area (Å²) in [5, 5.41) is 0. The Morgan fingerprint density at radius 2 is 1.50 bits per heavy atom. The van der Waals surface area contributed by atoms with Gasteiger partial charge in [0.1, 0.15) is 0 Å². The third-order valence-corrected chi connectivity index (χ3v) is 1.26. The third-order valence-electron chi connectivity index (χ3n) is 0.733. The molecule has 0 aliphatic heterocycles. The molecule has 0 amide bonds. The van der Waals surface area contributed by atoms with Crippen LogP contribution in [0.5, 0.6) is 0 Å². The normalized spacial score (nSPS) is 8.00. The average Bonchev–Trinajstić information content (AvgIpc) is 1.87. The molecule has 2 N–H and O–H groups in total. The van der Waals surface area contributed by atoms with E-state index in [1.54, 1.807) is 0 Å². The van der Waals surface area contributed by atoms with Crippen LogP contribution in [0.1, 0.15) is 0 Å². The molecule has 0 aliphatic carbocycles. The summed E-state index contributed by atoms with van der Waals surface area (Å²) in [6.45, 7) is 0. The van der Waals surface area contributed by atoms with Crippen LogP contribution in [0, 0.1) is 0 Å². The summed E-state index contributed by atoms with van der Waals surface area (Å²) in [6.07, 6.45) is 0. The average molecular weight is 263 g/mol. The first kappa shape index (κ1) is 15.3. The summed E-state index contributed by atoms with van der Waals surface area (Å²) < 4.78 is 24.0. The quantitative estimate of drug-likeness (QED) is 0.550. The van der Waals surface area contributed by atoms with E-state index in [1.807, 2.05) is 30.3 Å². The van der Waals surface area contributed by atoms with Crippen molar-refractivity contribution < 1.29 is 13.3 Å². The molecule has 1 aromatic carbocycles. The van der Waals surface area contributed by atoms with Crippen molar-refractivity contribution in [3.05, 3.63) is 34.8 Å². The molecule has 0 heterocycles. The molecule has 64 valence electrons. The SMILES string of the molecule is Brc1ccccc1.O=S(O)O.[NaH]. The Hall–Kier alpha value is 0.770. The topological polar surface area (TPSA) is 57.5 Å². The van der Waals surface area contributed by atoms with Crippen molar-refractivity contribution in [2.24, 2.45) is 0 Å². The molecule has 0 unspecified atom stereocenters. The fourth-order valence-corrected chi connectivity index (χ4v) is 0.720. The zero-order chi connectivity index (χ0) is 8.69. The van der Waals surface area contributed by atoms with E-state index in [0.717, 1.165) is 4.47 Å². The van der Waals surface area contributed by atoms with Gasteiger partial charge >= 0.3 is 29.6 Å². The fourth-order valence-electron chi connectivity index (χ4n) is 0.415.